The van der Waals surface area contributed by atoms with Crippen molar-refractivity contribution in [1.82, 2.24) is 5.32 Å². The number of hydrogen-bond donors (Lipinski definition) is 1. The van der Waals surface area contributed by atoms with Crippen molar-refractivity contribution >= 4 is 5.91 Å². The number of rotatable bonds is 4. The zero-order chi connectivity index (χ0) is 12.2. The lowest BCUT2D eigenvalue weighted by Crippen LogP contribution is -2.46. The average molecular weight is 225 g/mol. The molecule has 0 fully saturated rings. The van der Waals surface area contributed by atoms with Crippen molar-refractivity contribution in [2.75, 3.05) is 6.54 Å². The molecule has 1 rings (SSSR count). The molecule has 0 atom stereocenters. The lowest BCUT2D eigenvalue weighted by molar-refractivity contribution is -0.134. The number of carbonyl (C=O) groups is 1. The van der Waals surface area contributed by atoms with E-state index in [1.165, 1.54) is 24.3 Å². The second-order valence-electron chi connectivity index (χ2n) is 3.93. The summed E-state index contributed by atoms with van der Waals surface area (Å²) in [7, 11) is 0. The maximum atomic E-state index is 12.7. The first-order valence-corrected chi connectivity index (χ1v) is 5.18. The standard InChI is InChI=1S/C12H16FNO2/c1-4-14-11(15)12(2,3)16-10-7-5-9(13)6-8-10/h5-8H,4H2,1-3H3,(H,14,15). The van der Waals surface area contributed by atoms with Gasteiger partial charge in [0.05, 0.1) is 0 Å². The van der Waals surface area contributed by atoms with Crippen LogP contribution in [-0.4, -0.2) is 18.1 Å². The first-order valence-electron chi connectivity index (χ1n) is 5.18. The number of hydrogen-bond acceptors (Lipinski definition) is 2. The average Bonchev–Trinajstić information content (AvgIpc) is 2.21. The van der Waals surface area contributed by atoms with Gasteiger partial charge < -0.3 is 10.1 Å². The van der Waals surface area contributed by atoms with E-state index in [2.05, 4.69) is 5.32 Å². The van der Waals surface area contributed by atoms with E-state index in [1.54, 1.807) is 13.8 Å². The third-order valence-corrected chi connectivity index (χ3v) is 2.07. The number of nitrogens with one attached hydrogen (secondary N) is 1. The Balaban J connectivity index is 2.72. The number of benzene rings is 1. The third-order valence-electron chi connectivity index (χ3n) is 2.07. The van der Waals surface area contributed by atoms with E-state index in [0.29, 0.717) is 12.3 Å². The normalized spacial score (nSPS) is 11.0. The SMILES string of the molecule is CCNC(=O)C(C)(C)Oc1ccc(F)cc1. The predicted molar refractivity (Wildman–Crippen MR) is 59.8 cm³/mol. The van der Waals surface area contributed by atoms with Gasteiger partial charge in [0.2, 0.25) is 0 Å². The van der Waals surface area contributed by atoms with Crippen molar-refractivity contribution in [2.45, 2.75) is 26.4 Å². The van der Waals surface area contributed by atoms with Gasteiger partial charge >= 0.3 is 0 Å². The quantitative estimate of drug-likeness (QED) is 0.852. The number of likely N-dealkylation sites (N-methyl/N-ethyl adjacent to an activating group) is 1. The number of carbonyl (C=O) groups excluding carboxylic acids is 1. The number of ether oxygens (including phenoxy) is 1. The molecule has 0 aromatic heterocycles. The lowest BCUT2D eigenvalue weighted by atomic mass is 10.1. The van der Waals surface area contributed by atoms with Crippen LogP contribution < -0.4 is 10.1 Å². The Labute approximate surface area is 94.6 Å². The second kappa shape index (κ2) is 4.96. The molecule has 0 unspecified atom stereocenters. The molecule has 0 saturated heterocycles. The van der Waals surface area contributed by atoms with Crippen LogP contribution in [0.3, 0.4) is 0 Å². The Morgan fingerprint density at radius 2 is 1.94 bits per heavy atom. The van der Waals surface area contributed by atoms with Gasteiger partial charge in [-0.1, -0.05) is 0 Å². The molecule has 0 bridgehead atoms. The van der Waals surface area contributed by atoms with Gasteiger partial charge in [-0.3, -0.25) is 4.79 Å². The Morgan fingerprint density at radius 3 is 2.44 bits per heavy atom. The summed E-state index contributed by atoms with van der Waals surface area (Å²) in [5, 5.41) is 2.68. The van der Waals surface area contributed by atoms with Crippen LogP contribution >= 0.6 is 0 Å². The van der Waals surface area contributed by atoms with Gasteiger partial charge in [-0.05, 0) is 45.0 Å². The predicted octanol–water partition coefficient (Wildman–Crippen LogP) is 2.12. The van der Waals surface area contributed by atoms with Crippen LogP contribution in [0.25, 0.3) is 0 Å². The van der Waals surface area contributed by atoms with Crippen LogP contribution in [0.1, 0.15) is 20.8 Å². The summed E-state index contributed by atoms with van der Waals surface area (Å²) in [4.78, 5) is 11.6. The summed E-state index contributed by atoms with van der Waals surface area (Å²) in [5.41, 5.74) is -0.964. The van der Waals surface area contributed by atoms with E-state index in [4.69, 9.17) is 4.74 Å². The molecule has 0 aliphatic carbocycles. The van der Waals surface area contributed by atoms with Gasteiger partial charge in [0.15, 0.2) is 5.60 Å². The fourth-order valence-electron chi connectivity index (χ4n) is 1.22. The van der Waals surface area contributed by atoms with Gasteiger partial charge in [-0.15, -0.1) is 0 Å². The van der Waals surface area contributed by atoms with Gasteiger partial charge in [-0.25, -0.2) is 4.39 Å². The van der Waals surface area contributed by atoms with E-state index >= 15 is 0 Å². The molecule has 1 aromatic carbocycles. The molecule has 1 aromatic rings. The van der Waals surface area contributed by atoms with Crippen LogP contribution in [0.15, 0.2) is 24.3 Å². The minimum atomic E-state index is -0.964. The van der Waals surface area contributed by atoms with Crippen molar-refractivity contribution in [2.24, 2.45) is 0 Å². The molecule has 0 heterocycles. The van der Waals surface area contributed by atoms with E-state index < -0.39 is 5.60 Å². The summed E-state index contributed by atoms with van der Waals surface area (Å²) in [5.74, 6) is -0.0554. The summed E-state index contributed by atoms with van der Waals surface area (Å²) < 4.78 is 18.2. The molecule has 88 valence electrons. The minimum Gasteiger partial charge on any atom is -0.478 e. The molecule has 4 heteroatoms. The molecule has 1 N–H and O–H groups in total. The second-order valence-corrected chi connectivity index (χ2v) is 3.93. The Bertz CT molecular complexity index is 360. The van der Waals surface area contributed by atoms with E-state index in [1.807, 2.05) is 6.92 Å². The van der Waals surface area contributed by atoms with Crippen molar-refractivity contribution in [1.29, 1.82) is 0 Å². The van der Waals surface area contributed by atoms with Gasteiger partial charge in [0.1, 0.15) is 11.6 Å². The molecule has 16 heavy (non-hydrogen) atoms. The zero-order valence-corrected chi connectivity index (χ0v) is 9.71. The Morgan fingerprint density at radius 1 is 1.38 bits per heavy atom. The van der Waals surface area contributed by atoms with E-state index in [-0.39, 0.29) is 11.7 Å². The van der Waals surface area contributed by atoms with Crippen LogP contribution in [-0.2, 0) is 4.79 Å². The number of amides is 1. The molecular formula is C12H16FNO2. The monoisotopic (exact) mass is 225 g/mol. The van der Waals surface area contributed by atoms with Gasteiger partial charge in [0.25, 0.3) is 5.91 Å². The third kappa shape index (κ3) is 3.22. The zero-order valence-electron chi connectivity index (χ0n) is 9.71. The fourth-order valence-corrected chi connectivity index (χ4v) is 1.22. The van der Waals surface area contributed by atoms with Crippen LogP contribution in [0.4, 0.5) is 4.39 Å². The first kappa shape index (κ1) is 12.5. The Hall–Kier alpha value is -1.58. The smallest absolute Gasteiger partial charge is 0.263 e. The summed E-state index contributed by atoms with van der Waals surface area (Å²) in [6, 6.07) is 5.58. The summed E-state index contributed by atoms with van der Waals surface area (Å²) in [6.07, 6.45) is 0. The molecule has 0 aliphatic rings. The highest BCUT2D eigenvalue weighted by Gasteiger charge is 2.29. The Kier molecular flexibility index (Phi) is 3.88. The maximum Gasteiger partial charge on any atom is 0.263 e. The molecule has 0 spiro atoms. The minimum absolute atomic E-state index is 0.195. The van der Waals surface area contributed by atoms with E-state index in [0.717, 1.165) is 0 Å². The highest BCUT2D eigenvalue weighted by Crippen LogP contribution is 2.18. The molecule has 0 radical (unpaired) electrons. The molecule has 3 nitrogen and oxygen atoms in total. The summed E-state index contributed by atoms with van der Waals surface area (Å²) >= 11 is 0. The van der Waals surface area contributed by atoms with Crippen molar-refractivity contribution < 1.29 is 13.9 Å². The van der Waals surface area contributed by atoms with Crippen LogP contribution in [0.5, 0.6) is 5.75 Å². The first-order chi connectivity index (χ1) is 7.45. The molecule has 0 saturated carbocycles. The van der Waals surface area contributed by atoms with Gasteiger partial charge in [0, 0.05) is 6.54 Å². The molecule has 0 aliphatic heterocycles. The van der Waals surface area contributed by atoms with Gasteiger partial charge in [-0.2, -0.15) is 0 Å². The summed E-state index contributed by atoms with van der Waals surface area (Å²) in [6.45, 7) is 5.73. The van der Waals surface area contributed by atoms with Crippen molar-refractivity contribution in [3.8, 4) is 5.75 Å². The molecule has 1 amide bonds. The van der Waals surface area contributed by atoms with Crippen molar-refractivity contribution in [3.63, 3.8) is 0 Å². The van der Waals surface area contributed by atoms with Crippen LogP contribution in [0, 0.1) is 5.82 Å². The number of halogens is 1. The lowest BCUT2D eigenvalue weighted by Gasteiger charge is -2.24. The maximum absolute atomic E-state index is 12.7. The largest absolute Gasteiger partial charge is 0.478 e. The topological polar surface area (TPSA) is 38.3 Å². The fraction of sp³-hybridized carbons (Fsp3) is 0.417. The van der Waals surface area contributed by atoms with Crippen LogP contribution in [0.2, 0.25) is 0 Å². The van der Waals surface area contributed by atoms with Crippen molar-refractivity contribution in [3.05, 3.63) is 30.1 Å². The highest BCUT2D eigenvalue weighted by molar-refractivity contribution is 5.84. The van der Waals surface area contributed by atoms with E-state index in [9.17, 15) is 9.18 Å². The highest BCUT2D eigenvalue weighted by atomic mass is 19.1. The molecular weight excluding hydrogens is 209 g/mol.